The van der Waals surface area contributed by atoms with Gasteiger partial charge in [-0.05, 0) is 35.4 Å². The lowest BCUT2D eigenvalue weighted by Gasteiger charge is -2.12. The van der Waals surface area contributed by atoms with Crippen LogP contribution in [0.2, 0.25) is 0 Å². The van der Waals surface area contributed by atoms with Crippen LogP contribution in [-0.2, 0) is 12.4 Å². The van der Waals surface area contributed by atoms with Gasteiger partial charge in [-0.2, -0.15) is 26.3 Å². The van der Waals surface area contributed by atoms with Gasteiger partial charge in [0.1, 0.15) is 5.69 Å². The van der Waals surface area contributed by atoms with Crippen molar-refractivity contribution in [3.05, 3.63) is 100 Å². The summed E-state index contributed by atoms with van der Waals surface area (Å²) in [4.78, 5) is 18.3. The molecule has 0 atom stereocenters. The van der Waals surface area contributed by atoms with Gasteiger partial charge in [0.2, 0.25) is 0 Å². The van der Waals surface area contributed by atoms with E-state index in [0.717, 1.165) is 24.3 Å². The molecule has 0 unspecified atom stereocenters. The summed E-state index contributed by atoms with van der Waals surface area (Å²) in [5.74, 6) is -0.304. The first-order chi connectivity index (χ1) is 16.4. The van der Waals surface area contributed by atoms with Crippen LogP contribution in [0, 0.1) is 10.1 Å². The van der Waals surface area contributed by atoms with Crippen LogP contribution in [-0.4, -0.2) is 14.9 Å². The van der Waals surface area contributed by atoms with E-state index in [0.29, 0.717) is 17.2 Å². The van der Waals surface area contributed by atoms with Crippen molar-refractivity contribution in [2.75, 3.05) is 0 Å². The Morgan fingerprint density at radius 2 is 1.26 bits per heavy atom. The molecular formula is C24H13F6N3O2. The van der Waals surface area contributed by atoms with Crippen molar-refractivity contribution in [1.82, 2.24) is 9.97 Å². The SMILES string of the molecule is O=[N+]([O-])c1cccc(-c2cccc(-c3nc(-c4ccc(C(F)(F)F)cc4)cc(C(F)(F)F)n3)c2)c1. The van der Waals surface area contributed by atoms with E-state index in [1.54, 1.807) is 12.1 Å². The molecule has 0 aliphatic carbocycles. The highest BCUT2D eigenvalue weighted by Crippen LogP contribution is 2.35. The highest BCUT2D eigenvalue weighted by Gasteiger charge is 2.34. The van der Waals surface area contributed by atoms with Crippen LogP contribution < -0.4 is 0 Å². The third-order valence-corrected chi connectivity index (χ3v) is 5.04. The lowest BCUT2D eigenvalue weighted by atomic mass is 10.0. The number of nitro groups is 1. The number of nitrogens with zero attached hydrogens (tertiary/aromatic N) is 3. The van der Waals surface area contributed by atoms with Crippen molar-refractivity contribution >= 4 is 5.69 Å². The fourth-order valence-corrected chi connectivity index (χ4v) is 3.34. The second-order valence-corrected chi connectivity index (χ2v) is 7.42. The topological polar surface area (TPSA) is 68.9 Å². The molecule has 5 nitrogen and oxygen atoms in total. The maximum Gasteiger partial charge on any atom is 0.433 e. The summed E-state index contributed by atoms with van der Waals surface area (Å²) in [5, 5.41) is 11.1. The molecule has 0 fully saturated rings. The number of nitro benzene ring substituents is 1. The highest BCUT2D eigenvalue weighted by molar-refractivity contribution is 5.73. The van der Waals surface area contributed by atoms with Crippen LogP contribution in [0.1, 0.15) is 11.3 Å². The van der Waals surface area contributed by atoms with E-state index in [2.05, 4.69) is 9.97 Å². The third-order valence-electron chi connectivity index (χ3n) is 5.04. The van der Waals surface area contributed by atoms with Gasteiger partial charge in [-0.15, -0.1) is 0 Å². The summed E-state index contributed by atoms with van der Waals surface area (Å²) < 4.78 is 79.3. The molecule has 178 valence electrons. The standard InChI is InChI=1S/C24H13F6N3O2/c25-23(26,27)18-9-7-14(8-10-18)20-13-21(24(28,29)30)32-22(31-20)17-5-1-3-15(11-17)16-4-2-6-19(12-16)33(34)35/h1-13H. The Morgan fingerprint density at radius 3 is 1.86 bits per heavy atom. The number of alkyl halides is 6. The average molecular weight is 489 g/mol. The Morgan fingerprint density at radius 1 is 0.657 bits per heavy atom. The number of benzene rings is 3. The van der Waals surface area contributed by atoms with Gasteiger partial charge in [-0.25, -0.2) is 9.97 Å². The number of halogens is 6. The van der Waals surface area contributed by atoms with E-state index in [4.69, 9.17) is 0 Å². The summed E-state index contributed by atoms with van der Waals surface area (Å²) in [7, 11) is 0. The van der Waals surface area contributed by atoms with Crippen molar-refractivity contribution in [2.45, 2.75) is 12.4 Å². The number of hydrogen-bond acceptors (Lipinski definition) is 4. The zero-order chi connectivity index (χ0) is 25.4. The van der Waals surface area contributed by atoms with E-state index in [9.17, 15) is 36.5 Å². The Kier molecular flexibility index (Phi) is 6.01. The normalized spacial score (nSPS) is 11.9. The highest BCUT2D eigenvalue weighted by atomic mass is 19.4. The van der Waals surface area contributed by atoms with E-state index < -0.39 is 28.5 Å². The van der Waals surface area contributed by atoms with Crippen molar-refractivity contribution in [1.29, 1.82) is 0 Å². The van der Waals surface area contributed by atoms with Gasteiger partial charge in [0.05, 0.1) is 16.2 Å². The molecule has 0 N–H and O–H groups in total. The minimum atomic E-state index is -4.84. The molecule has 0 saturated carbocycles. The predicted octanol–water partition coefficient (Wildman–Crippen LogP) is 7.42. The number of aromatic nitrogens is 2. The molecule has 0 bridgehead atoms. The Labute approximate surface area is 193 Å². The molecule has 35 heavy (non-hydrogen) atoms. The van der Waals surface area contributed by atoms with Crippen LogP contribution in [0.25, 0.3) is 33.8 Å². The molecule has 4 rings (SSSR count). The van der Waals surface area contributed by atoms with Crippen LogP contribution in [0.3, 0.4) is 0 Å². The first kappa shape index (κ1) is 23.9. The molecule has 0 amide bonds. The van der Waals surface area contributed by atoms with Gasteiger partial charge in [-0.1, -0.05) is 42.5 Å². The fraction of sp³-hybridized carbons (Fsp3) is 0.0833. The predicted molar refractivity (Wildman–Crippen MR) is 115 cm³/mol. The largest absolute Gasteiger partial charge is 0.433 e. The summed E-state index contributed by atoms with van der Waals surface area (Å²) >= 11 is 0. The molecule has 0 aliphatic heterocycles. The van der Waals surface area contributed by atoms with E-state index >= 15 is 0 Å². The monoisotopic (exact) mass is 489 g/mol. The lowest BCUT2D eigenvalue weighted by Crippen LogP contribution is -2.10. The van der Waals surface area contributed by atoms with Crippen molar-refractivity contribution in [2.24, 2.45) is 0 Å². The second-order valence-electron chi connectivity index (χ2n) is 7.42. The molecule has 4 aromatic rings. The summed E-state index contributed by atoms with van der Waals surface area (Å²) in [6.07, 6.45) is -9.44. The van der Waals surface area contributed by atoms with Crippen molar-refractivity contribution in [3.8, 4) is 33.8 Å². The first-order valence-electron chi connectivity index (χ1n) is 9.91. The van der Waals surface area contributed by atoms with Gasteiger partial charge in [-0.3, -0.25) is 10.1 Å². The maximum atomic E-state index is 13.6. The summed E-state index contributed by atoms with van der Waals surface area (Å²) in [6.45, 7) is 0. The van der Waals surface area contributed by atoms with Gasteiger partial charge in [0, 0.05) is 23.3 Å². The Bertz CT molecular complexity index is 1400. The molecular weight excluding hydrogens is 476 g/mol. The molecule has 0 spiro atoms. The maximum absolute atomic E-state index is 13.6. The van der Waals surface area contributed by atoms with Gasteiger partial charge >= 0.3 is 12.4 Å². The molecule has 0 aliphatic rings. The molecule has 1 heterocycles. The van der Waals surface area contributed by atoms with Crippen LogP contribution in [0.15, 0.2) is 78.9 Å². The Balaban J connectivity index is 1.81. The third kappa shape index (κ3) is 5.29. The molecule has 11 heteroatoms. The fourth-order valence-electron chi connectivity index (χ4n) is 3.34. The quantitative estimate of drug-likeness (QED) is 0.170. The number of hydrogen-bond donors (Lipinski definition) is 0. The summed E-state index contributed by atoms with van der Waals surface area (Å²) in [5.41, 5.74) is -1.42. The van der Waals surface area contributed by atoms with E-state index in [-0.39, 0.29) is 28.3 Å². The van der Waals surface area contributed by atoms with Crippen LogP contribution in [0.5, 0.6) is 0 Å². The zero-order valence-electron chi connectivity index (χ0n) is 17.4. The van der Waals surface area contributed by atoms with Crippen molar-refractivity contribution < 1.29 is 31.3 Å². The minimum absolute atomic E-state index is 0.0435. The van der Waals surface area contributed by atoms with E-state index in [1.807, 2.05) is 0 Å². The molecule has 1 aromatic heterocycles. The minimum Gasteiger partial charge on any atom is -0.258 e. The van der Waals surface area contributed by atoms with Gasteiger partial charge in [0.25, 0.3) is 5.69 Å². The zero-order valence-corrected chi connectivity index (χ0v) is 17.4. The van der Waals surface area contributed by atoms with Crippen molar-refractivity contribution in [3.63, 3.8) is 0 Å². The van der Waals surface area contributed by atoms with E-state index in [1.165, 1.54) is 36.4 Å². The molecule has 3 aromatic carbocycles. The Hall–Kier alpha value is -4.28. The number of non-ortho nitro benzene ring substituents is 1. The summed E-state index contributed by atoms with van der Waals surface area (Å²) in [6, 6.07) is 16.0. The molecule has 0 saturated heterocycles. The number of rotatable bonds is 4. The lowest BCUT2D eigenvalue weighted by molar-refractivity contribution is -0.384. The second kappa shape index (κ2) is 8.82. The smallest absolute Gasteiger partial charge is 0.258 e. The van der Waals surface area contributed by atoms with Gasteiger partial charge in [0.15, 0.2) is 5.82 Å². The van der Waals surface area contributed by atoms with Gasteiger partial charge < -0.3 is 0 Å². The van der Waals surface area contributed by atoms with Crippen LogP contribution in [0.4, 0.5) is 32.0 Å². The molecule has 0 radical (unpaired) electrons. The van der Waals surface area contributed by atoms with Crippen LogP contribution >= 0.6 is 0 Å². The first-order valence-corrected chi connectivity index (χ1v) is 9.91. The average Bonchev–Trinajstić information content (AvgIpc) is 2.83.